The van der Waals surface area contributed by atoms with Gasteiger partial charge >= 0.3 is 0 Å². The topological polar surface area (TPSA) is 125 Å². The molecule has 290 valence electrons. The van der Waals surface area contributed by atoms with Crippen molar-refractivity contribution in [2.45, 2.75) is 175 Å². The number of rotatable bonds is 4. The van der Waals surface area contributed by atoms with E-state index >= 15 is 0 Å². The monoisotopic (exact) mass is 717 g/mol. The van der Waals surface area contributed by atoms with Crippen molar-refractivity contribution in [3.63, 3.8) is 0 Å². The molecule has 0 radical (unpaired) electrons. The molecular weight excluding hydrogens is 645 g/mol. The van der Waals surface area contributed by atoms with E-state index in [9.17, 15) is 25.4 Å². The highest BCUT2D eigenvalue weighted by Gasteiger charge is 2.64. The first-order valence-electron chi connectivity index (χ1n) is 21.9. The maximum atomic E-state index is 13.3. The average Bonchev–Trinajstić information content (AvgIpc) is 3.64. The van der Waals surface area contributed by atoms with Crippen molar-refractivity contribution in [1.29, 1.82) is 10.5 Å². The van der Waals surface area contributed by atoms with E-state index in [1.54, 1.807) is 0 Å². The van der Waals surface area contributed by atoms with Crippen LogP contribution in [0.3, 0.4) is 0 Å². The number of nitriles is 2. The molecule has 0 bridgehead atoms. The molecule has 8 aliphatic rings. The third-order valence-corrected chi connectivity index (χ3v) is 19.4. The van der Waals surface area contributed by atoms with Crippen molar-refractivity contribution >= 4 is 5.78 Å². The smallest absolute Gasteiger partial charge is 0.136 e. The molecule has 0 aromatic heterocycles. The molecule has 6 nitrogen and oxygen atoms in total. The van der Waals surface area contributed by atoms with Gasteiger partial charge in [0.1, 0.15) is 5.78 Å². The lowest BCUT2D eigenvalue weighted by atomic mass is 9.43. The number of nitrogens with zero attached hydrogens (tertiary/aromatic N) is 2. The molecule has 8 fully saturated rings. The molecule has 0 spiro atoms. The minimum Gasteiger partial charge on any atom is -0.393 e. The normalized spacial score (nSPS) is 53.1. The van der Waals surface area contributed by atoms with Crippen molar-refractivity contribution in [2.75, 3.05) is 0 Å². The van der Waals surface area contributed by atoms with Gasteiger partial charge in [0, 0.05) is 25.2 Å². The van der Waals surface area contributed by atoms with E-state index in [4.69, 9.17) is 5.26 Å². The predicted octanol–water partition coefficient (Wildman–Crippen LogP) is 9.26. The molecule has 3 N–H and O–H groups in total. The molecule has 6 heteroatoms. The Morgan fingerprint density at radius 1 is 0.615 bits per heavy atom. The van der Waals surface area contributed by atoms with E-state index < -0.39 is 0 Å². The summed E-state index contributed by atoms with van der Waals surface area (Å²) in [4.78, 5) is 13.3. The first-order chi connectivity index (χ1) is 24.6. The fourth-order valence-corrected chi connectivity index (χ4v) is 16.6. The third-order valence-electron chi connectivity index (χ3n) is 19.4. The van der Waals surface area contributed by atoms with Crippen LogP contribution >= 0.6 is 0 Å². The summed E-state index contributed by atoms with van der Waals surface area (Å²) >= 11 is 0. The van der Waals surface area contributed by atoms with Crippen LogP contribution in [-0.4, -0.2) is 39.4 Å². The average molecular weight is 717 g/mol. The lowest BCUT2D eigenvalue weighted by Gasteiger charge is -2.62. The Morgan fingerprint density at radius 2 is 1.06 bits per heavy atom. The van der Waals surface area contributed by atoms with Crippen LogP contribution in [0, 0.1) is 115 Å². The Morgan fingerprint density at radius 3 is 1.63 bits per heavy atom. The zero-order valence-electron chi connectivity index (χ0n) is 33.5. The number of hydrogen-bond acceptors (Lipinski definition) is 6. The molecule has 0 heterocycles. The van der Waals surface area contributed by atoms with Crippen molar-refractivity contribution in [2.24, 2.45) is 92.7 Å². The van der Waals surface area contributed by atoms with Crippen LogP contribution in [0.1, 0.15) is 157 Å². The summed E-state index contributed by atoms with van der Waals surface area (Å²) in [5, 5.41) is 49.9. The SMILES string of the molecule is C[C@H](CC#N)[C@H]1CC[C@H]2[C@@H]3C(=O)C[C@@H]4C[C@H](O)CC[C@]4(C)[C@H]3CC[C@]12C.C[C@H](CC#N)[C@H]1CC[C@H]2[C@@H]3C(O)C[C@@H]4C[C@H](O)CC[C@]4(C)[C@H]3CC[C@]12C. The zero-order chi connectivity index (χ0) is 37.4. The summed E-state index contributed by atoms with van der Waals surface area (Å²) in [6.45, 7) is 14.3. The van der Waals surface area contributed by atoms with Gasteiger partial charge in [-0.05, 0) is 183 Å². The molecule has 0 saturated heterocycles. The number of hydrogen-bond donors (Lipinski definition) is 3. The minimum atomic E-state index is -0.200. The van der Waals surface area contributed by atoms with Crippen LogP contribution in [0.2, 0.25) is 0 Å². The molecule has 19 atom stereocenters. The fourth-order valence-electron chi connectivity index (χ4n) is 16.6. The Kier molecular flexibility index (Phi) is 10.6. The highest BCUT2D eigenvalue weighted by molar-refractivity contribution is 5.83. The highest BCUT2D eigenvalue weighted by atomic mass is 16.3. The van der Waals surface area contributed by atoms with Crippen LogP contribution < -0.4 is 0 Å². The van der Waals surface area contributed by atoms with Crippen molar-refractivity contribution in [1.82, 2.24) is 0 Å². The predicted molar refractivity (Wildman–Crippen MR) is 203 cm³/mol. The second-order valence-corrected chi connectivity index (χ2v) is 21.4. The Labute approximate surface area is 315 Å². The number of aliphatic hydroxyl groups excluding tert-OH is 3. The largest absolute Gasteiger partial charge is 0.393 e. The number of aliphatic hydroxyl groups is 3. The summed E-state index contributed by atoms with van der Waals surface area (Å²) in [7, 11) is 0. The number of fused-ring (bicyclic) bond motifs is 10. The van der Waals surface area contributed by atoms with Gasteiger partial charge in [0.25, 0.3) is 0 Å². The summed E-state index contributed by atoms with van der Waals surface area (Å²) in [5.74, 6) is 6.47. The molecule has 8 saturated carbocycles. The van der Waals surface area contributed by atoms with E-state index in [1.807, 2.05) is 0 Å². The molecular formula is C46H72N2O4. The van der Waals surface area contributed by atoms with Gasteiger partial charge in [-0.1, -0.05) is 41.5 Å². The minimum absolute atomic E-state index is 0.159. The highest BCUT2D eigenvalue weighted by Crippen LogP contribution is 2.69. The van der Waals surface area contributed by atoms with Crippen LogP contribution in [-0.2, 0) is 4.79 Å². The molecule has 52 heavy (non-hydrogen) atoms. The van der Waals surface area contributed by atoms with E-state index in [-0.39, 0.29) is 35.1 Å². The van der Waals surface area contributed by atoms with Crippen LogP contribution in [0.5, 0.6) is 0 Å². The van der Waals surface area contributed by atoms with Crippen molar-refractivity contribution < 1.29 is 20.1 Å². The standard InChI is InChI=1S/C23H37NO2.C23H35NO2/c2*1-14(8-11-24)17-4-5-18-21-19(7-10-23(17,18)3)22(2)9-6-16(25)12-15(22)13-20(21)26/h14-21,25-26H,4-10,12-13H2,1-3H3;14-19,21,25H,4-10,12-13H2,1-3H3/t14-,15+,16-,17-,18+,19+,20?,21+,22+,23-;14-,15+,16-,17-,18+,19+,21+,22+,23-/m11/s1. The van der Waals surface area contributed by atoms with Gasteiger partial charge in [-0.25, -0.2) is 0 Å². The number of ketones is 1. The van der Waals surface area contributed by atoms with E-state index in [0.717, 1.165) is 44.9 Å². The van der Waals surface area contributed by atoms with E-state index in [2.05, 4.69) is 53.7 Å². The lowest BCUT2D eigenvalue weighted by Crippen LogP contribution is -2.58. The maximum Gasteiger partial charge on any atom is 0.136 e. The Hall–Kier alpha value is -1.47. The second kappa shape index (κ2) is 14.2. The van der Waals surface area contributed by atoms with E-state index in [0.29, 0.717) is 101 Å². The van der Waals surface area contributed by atoms with Crippen LogP contribution in [0.4, 0.5) is 0 Å². The molecule has 1 unspecified atom stereocenters. The number of carbonyl (C=O) groups is 1. The molecule has 8 rings (SSSR count). The zero-order valence-corrected chi connectivity index (χ0v) is 33.5. The summed E-state index contributed by atoms with van der Waals surface area (Å²) in [6.07, 6.45) is 17.8. The van der Waals surface area contributed by atoms with Gasteiger partial charge in [0.15, 0.2) is 0 Å². The molecule has 8 aliphatic carbocycles. The third kappa shape index (κ3) is 6.06. The van der Waals surface area contributed by atoms with Gasteiger partial charge in [0.2, 0.25) is 0 Å². The molecule has 0 amide bonds. The fraction of sp³-hybridized carbons (Fsp3) is 0.935. The summed E-state index contributed by atoms with van der Waals surface area (Å²) in [6, 6.07) is 4.78. The lowest BCUT2D eigenvalue weighted by molar-refractivity contribution is -0.174. The van der Waals surface area contributed by atoms with Crippen molar-refractivity contribution in [3.05, 3.63) is 0 Å². The molecule has 0 aromatic carbocycles. The molecule has 0 aliphatic heterocycles. The Balaban J connectivity index is 0.000000162. The van der Waals surface area contributed by atoms with Gasteiger partial charge in [-0.2, -0.15) is 10.5 Å². The van der Waals surface area contributed by atoms with Gasteiger partial charge in [-0.3, -0.25) is 4.79 Å². The van der Waals surface area contributed by atoms with Gasteiger partial charge in [-0.15, -0.1) is 0 Å². The summed E-state index contributed by atoms with van der Waals surface area (Å²) < 4.78 is 0. The molecule has 0 aromatic rings. The van der Waals surface area contributed by atoms with Crippen molar-refractivity contribution in [3.8, 4) is 12.1 Å². The summed E-state index contributed by atoms with van der Waals surface area (Å²) in [5.41, 5.74) is 1.09. The Bertz CT molecular complexity index is 1420. The van der Waals surface area contributed by atoms with Gasteiger partial charge in [0.05, 0.1) is 30.5 Å². The van der Waals surface area contributed by atoms with E-state index in [1.165, 1.54) is 51.4 Å². The first kappa shape index (κ1) is 38.8. The van der Waals surface area contributed by atoms with Crippen LogP contribution in [0.15, 0.2) is 0 Å². The quantitative estimate of drug-likeness (QED) is 0.266. The van der Waals surface area contributed by atoms with Gasteiger partial charge < -0.3 is 15.3 Å². The second-order valence-electron chi connectivity index (χ2n) is 21.4. The maximum absolute atomic E-state index is 13.3. The number of carbonyl (C=O) groups excluding carboxylic acids is 1. The first-order valence-corrected chi connectivity index (χ1v) is 21.9. The van der Waals surface area contributed by atoms with Crippen LogP contribution in [0.25, 0.3) is 0 Å². The number of Topliss-reactive ketones (excluding diaryl/α,β-unsaturated/α-hetero) is 1.